The van der Waals surface area contributed by atoms with Crippen LogP contribution in [0.25, 0.3) is 0 Å². The van der Waals surface area contributed by atoms with Gasteiger partial charge in [-0.3, -0.25) is 9.78 Å². The lowest BCUT2D eigenvalue weighted by Crippen LogP contribution is -2.44. The van der Waals surface area contributed by atoms with Crippen LogP contribution in [0.3, 0.4) is 0 Å². The van der Waals surface area contributed by atoms with Crippen LogP contribution in [-0.4, -0.2) is 28.6 Å². The predicted octanol–water partition coefficient (Wildman–Crippen LogP) is 2.07. The smallest absolute Gasteiger partial charge is 0.220 e. The summed E-state index contributed by atoms with van der Waals surface area (Å²) in [5, 5.41) is 12.6. The Morgan fingerprint density at radius 1 is 1.55 bits per heavy atom. The number of nitrogens with zero attached hydrogens (tertiary/aromatic N) is 1. The van der Waals surface area contributed by atoms with Gasteiger partial charge in [0.2, 0.25) is 5.91 Å². The number of pyridine rings is 1. The zero-order chi connectivity index (χ0) is 14.4. The number of carbonyl (C=O) groups is 1. The second-order valence-electron chi connectivity index (χ2n) is 6.00. The van der Waals surface area contributed by atoms with Gasteiger partial charge < -0.3 is 10.4 Å². The van der Waals surface area contributed by atoms with Crippen molar-refractivity contribution in [3.8, 4) is 0 Å². The summed E-state index contributed by atoms with van der Waals surface area (Å²) >= 11 is 0. The summed E-state index contributed by atoms with van der Waals surface area (Å²) in [5.41, 5.74) is 0.887. The van der Waals surface area contributed by atoms with Crippen molar-refractivity contribution in [3.63, 3.8) is 0 Å². The quantitative estimate of drug-likeness (QED) is 0.836. The fourth-order valence-corrected chi connectivity index (χ4v) is 2.91. The fourth-order valence-electron chi connectivity index (χ4n) is 2.91. The molecule has 0 bridgehead atoms. The van der Waals surface area contributed by atoms with Crippen molar-refractivity contribution in [2.45, 2.75) is 51.5 Å². The number of carbonyl (C=O) groups excluding carboxylic acids is 1. The Bertz CT molecular complexity index is 435. The third kappa shape index (κ3) is 3.79. The van der Waals surface area contributed by atoms with Gasteiger partial charge in [-0.2, -0.15) is 0 Å². The van der Waals surface area contributed by atoms with E-state index in [4.69, 9.17) is 0 Å². The van der Waals surface area contributed by atoms with Crippen LogP contribution in [0.4, 0.5) is 0 Å². The van der Waals surface area contributed by atoms with Gasteiger partial charge in [-0.05, 0) is 37.8 Å². The van der Waals surface area contributed by atoms with Crippen LogP contribution in [0.1, 0.15) is 44.7 Å². The van der Waals surface area contributed by atoms with Gasteiger partial charge in [0.15, 0.2) is 0 Å². The second-order valence-corrected chi connectivity index (χ2v) is 6.00. The van der Waals surface area contributed by atoms with Crippen LogP contribution in [0.15, 0.2) is 24.4 Å². The molecule has 20 heavy (non-hydrogen) atoms. The molecule has 1 aromatic heterocycles. The Hall–Kier alpha value is -1.42. The van der Waals surface area contributed by atoms with Gasteiger partial charge in [-0.1, -0.05) is 19.4 Å². The van der Waals surface area contributed by atoms with E-state index in [1.54, 1.807) is 6.20 Å². The van der Waals surface area contributed by atoms with E-state index in [1.165, 1.54) is 0 Å². The molecule has 0 spiro atoms. The first-order valence-corrected chi connectivity index (χ1v) is 7.44. The lowest BCUT2D eigenvalue weighted by atomic mass is 9.85. The van der Waals surface area contributed by atoms with Crippen molar-refractivity contribution >= 4 is 5.91 Å². The number of rotatable bonds is 6. The summed E-state index contributed by atoms with van der Waals surface area (Å²) in [6, 6.07) is 5.96. The predicted molar refractivity (Wildman–Crippen MR) is 78.1 cm³/mol. The minimum absolute atomic E-state index is 0.0903. The van der Waals surface area contributed by atoms with Crippen molar-refractivity contribution in [2.75, 3.05) is 6.61 Å². The third-order valence-electron chi connectivity index (χ3n) is 4.34. The van der Waals surface area contributed by atoms with E-state index < -0.39 is 0 Å². The van der Waals surface area contributed by atoms with E-state index in [0.717, 1.165) is 37.8 Å². The van der Waals surface area contributed by atoms with Crippen LogP contribution < -0.4 is 5.32 Å². The summed E-state index contributed by atoms with van der Waals surface area (Å²) in [7, 11) is 0. The molecule has 1 fully saturated rings. The largest absolute Gasteiger partial charge is 0.396 e. The maximum absolute atomic E-state index is 12.0. The summed E-state index contributed by atoms with van der Waals surface area (Å²) < 4.78 is 0. The monoisotopic (exact) mass is 276 g/mol. The first-order chi connectivity index (χ1) is 9.64. The highest BCUT2D eigenvalue weighted by molar-refractivity contribution is 5.76. The molecular weight excluding hydrogens is 252 g/mol. The first kappa shape index (κ1) is 15.0. The molecule has 1 aliphatic rings. The molecule has 4 nitrogen and oxygen atoms in total. The molecule has 4 heteroatoms. The van der Waals surface area contributed by atoms with Crippen LogP contribution in [0.2, 0.25) is 0 Å². The number of amides is 1. The van der Waals surface area contributed by atoms with E-state index >= 15 is 0 Å². The SMILES string of the molecule is CC1(CO)CCCC1NC(=O)CCCc1ccccn1. The molecule has 2 unspecified atom stereocenters. The molecular formula is C16H24N2O2. The zero-order valence-corrected chi connectivity index (χ0v) is 12.1. The molecule has 2 rings (SSSR count). The molecule has 0 aromatic carbocycles. The number of hydrogen-bond donors (Lipinski definition) is 2. The highest BCUT2D eigenvalue weighted by Crippen LogP contribution is 2.37. The second kappa shape index (κ2) is 6.84. The maximum atomic E-state index is 12.0. The van der Waals surface area contributed by atoms with E-state index in [2.05, 4.69) is 17.2 Å². The highest BCUT2D eigenvalue weighted by Gasteiger charge is 2.38. The summed E-state index contributed by atoms with van der Waals surface area (Å²) in [4.78, 5) is 16.2. The lowest BCUT2D eigenvalue weighted by molar-refractivity contribution is -0.122. The van der Waals surface area contributed by atoms with Crippen molar-refractivity contribution in [1.82, 2.24) is 10.3 Å². The third-order valence-corrected chi connectivity index (χ3v) is 4.34. The Labute approximate surface area is 120 Å². The first-order valence-electron chi connectivity index (χ1n) is 7.44. The van der Waals surface area contributed by atoms with Gasteiger partial charge in [0.05, 0.1) is 6.61 Å². The summed E-state index contributed by atoms with van der Waals surface area (Å²) in [6.07, 6.45) is 6.98. The van der Waals surface area contributed by atoms with Crippen molar-refractivity contribution in [2.24, 2.45) is 5.41 Å². The Morgan fingerprint density at radius 3 is 3.10 bits per heavy atom. The normalized spacial score (nSPS) is 25.6. The van der Waals surface area contributed by atoms with Gasteiger partial charge in [0, 0.05) is 29.8 Å². The van der Waals surface area contributed by atoms with Crippen LogP contribution in [0.5, 0.6) is 0 Å². The minimum atomic E-state index is -0.142. The topological polar surface area (TPSA) is 62.2 Å². The number of aryl methyl sites for hydroxylation is 1. The lowest BCUT2D eigenvalue weighted by Gasteiger charge is -2.30. The molecule has 1 aliphatic carbocycles. The van der Waals surface area contributed by atoms with Crippen LogP contribution >= 0.6 is 0 Å². The van der Waals surface area contributed by atoms with Gasteiger partial charge in [-0.15, -0.1) is 0 Å². The molecule has 1 heterocycles. The van der Waals surface area contributed by atoms with Crippen molar-refractivity contribution in [3.05, 3.63) is 30.1 Å². The molecule has 1 saturated carbocycles. The highest BCUT2D eigenvalue weighted by atomic mass is 16.3. The van der Waals surface area contributed by atoms with Crippen LogP contribution in [-0.2, 0) is 11.2 Å². The summed E-state index contributed by atoms with van der Waals surface area (Å²) in [6.45, 7) is 2.20. The Morgan fingerprint density at radius 2 is 2.40 bits per heavy atom. The molecule has 0 aliphatic heterocycles. The molecule has 1 aromatic rings. The molecule has 2 N–H and O–H groups in total. The van der Waals surface area contributed by atoms with Gasteiger partial charge in [0.25, 0.3) is 0 Å². The van der Waals surface area contributed by atoms with E-state index in [-0.39, 0.29) is 24.0 Å². The zero-order valence-electron chi connectivity index (χ0n) is 12.1. The number of aromatic nitrogens is 1. The number of aliphatic hydroxyl groups is 1. The number of aliphatic hydroxyl groups excluding tert-OH is 1. The molecule has 0 radical (unpaired) electrons. The standard InChI is InChI=1S/C16H24N2O2/c1-16(12-19)10-5-8-14(16)18-15(20)9-4-7-13-6-2-3-11-17-13/h2-3,6,11,14,19H,4-5,7-10,12H2,1H3,(H,18,20). The van der Waals surface area contributed by atoms with Crippen molar-refractivity contribution in [1.29, 1.82) is 0 Å². The fraction of sp³-hybridized carbons (Fsp3) is 0.625. The van der Waals surface area contributed by atoms with E-state index in [0.29, 0.717) is 6.42 Å². The van der Waals surface area contributed by atoms with Gasteiger partial charge >= 0.3 is 0 Å². The molecule has 0 saturated heterocycles. The average molecular weight is 276 g/mol. The number of hydrogen-bond acceptors (Lipinski definition) is 3. The van der Waals surface area contributed by atoms with Gasteiger partial charge in [0.1, 0.15) is 0 Å². The maximum Gasteiger partial charge on any atom is 0.220 e. The van der Waals surface area contributed by atoms with Crippen LogP contribution in [0, 0.1) is 5.41 Å². The van der Waals surface area contributed by atoms with Gasteiger partial charge in [-0.25, -0.2) is 0 Å². The Kier molecular flexibility index (Phi) is 5.12. The van der Waals surface area contributed by atoms with E-state index in [9.17, 15) is 9.90 Å². The van der Waals surface area contributed by atoms with Crippen molar-refractivity contribution < 1.29 is 9.90 Å². The summed E-state index contributed by atoms with van der Waals surface area (Å²) in [5.74, 6) is 0.0903. The molecule has 110 valence electrons. The molecule has 2 atom stereocenters. The average Bonchev–Trinajstić information content (AvgIpc) is 2.82. The molecule has 1 amide bonds. The Balaban J connectivity index is 1.73. The number of nitrogens with one attached hydrogen (secondary N) is 1. The minimum Gasteiger partial charge on any atom is -0.396 e. The van der Waals surface area contributed by atoms with E-state index in [1.807, 2.05) is 18.2 Å².